The van der Waals surface area contributed by atoms with Crippen molar-refractivity contribution in [2.75, 3.05) is 18.0 Å². The Labute approximate surface area is 152 Å². The first-order chi connectivity index (χ1) is 12.0. The minimum Gasteiger partial charge on any atom is -0.459 e. The molecule has 2 aromatic heterocycles. The summed E-state index contributed by atoms with van der Waals surface area (Å²) < 4.78 is 7.57. The predicted octanol–water partition coefficient (Wildman–Crippen LogP) is 3.39. The van der Waals surface area contributed by atoms with Crippen molar-refractivity contribution in [3.63, 3.8) is 0 Å². The molecule has 0 aromatic carbocycles. The molecule has 1 fully saturated rings. The van der Waals surface area contributed by atoms with Gasteiger partial charge < -0.3 is 9.64 Å². The van der Waals surface area contributed by atoms with E-state index in [2.05, 4.69) is 15.0 Å². The van der Waals surface area contributed by atoms with Gasteiger partial charge in [0.1, 0.15) is 17.5 Å². The molecule has 0 spiro atoms. The number of rotatable bonds is 4. The Balaban J connectivity index is 1.59. The molecular weight excluding hydrogens is 340 g/mol. The van der Waals surface area contributed by atoms with Gasteiger partial charge in [-0.1, -0.05) is 11.6 Å². The minimum absolute atomic E-state index is 0.0696. The average Bonchev–Trinajstić information content (AvgIpc) is 2.90. The highest BCUT2D eigenvalue weighted by molar-refractivity contribution is 6.30. The van der Waals surface area contributed by atoms with Gasteiger partial charge in [-0.15, -0.1) is 0 Å². The molecule has 25 heavy (non-hydrogen) atoms. The maximum Gasteiger partial charge on any atom is 0.342 e. The highest BCUT2D eigenvalue weighted by atomic mass is 35.5. The van der Waals surface area contributed by atoms with Crippen molar-refractivity contribution in [2.24, 2.45) is 0 Å². The molecule has 0 saturated carbocycles. The number of ether oxygens (including phenoxy) is 1. The number of aromatic nitrogens is 3. The van der Waals surface area contributed by atoms with Gasteiger partial charge in [-0.25, -0.2) is 9.78 Å². The second kappa shape index (κ2) is 7.44. The summed E-state index contributed by atoms with van der Waals surface area (Å²) in [6, 6.07) is 3.76. The SMILES string of the molecule is CCn1nc(C)c(C(=O)OC2CCN(c3ccc(Cl)cn3)CC2)c1C. The Kier molecular flexibility index (Phi) is 5.27. The first kappa shape index (κ1) is 17.7. The van der Waals surface area contributed by atoms with Gasteiger partial charge in [0.2, 0.25) is 0 Å². The summed E-state index contributed by atoms with van der Waals surface area (Å²) in [5, 5.41) is 5.02. The molecule has 6 nitrogen and oxygen atoms in total. The number of carbonyl (C=O) groups excluding carboxylic acids is 1. The molecule has 0 N–H and O–H groups in total. The van der Waals surface area contributed by atoms with E-state index in [4.69, 9.17) is 16.3 Å². The fraction of sp³-hybridized carbons (Fsp3) is 0.500. The molecule has 1 aliphatic heterocycles. The van der Waals surface area contributed by atoms with E-state index in [-0.39, 0.29) is 12.1 Å². The van der Waals surface area contributed by atoms with Crippen LogP contribution in [0.15, 0.2) is 18.3 Å². The maximum absolute atomic E-state index is 12.6. The molecule has 0 aliphatic carbocycles. The van der Waals surface area contributed by atoms with Crippen molar-refractivity contribution < 1.29 is 9.53 Å². The number of piperidine rings is 1. The highest BCUT2D eigenvalue weighted by Gasteiger charge is 2.26. The lowest BCUT2D eigenvalue weighted by Crippen LogP contribution is -2.38. The van der Waals surface area contributed by atoms with Gasteiger partial charge in [-0.2, -0.15) is 5.10 Å². The zero-order valence-corrected chi connectivity index (χ0v) is 15.6. The molecule has 134 valence electrons. The second-order valence-electron chi connectivity index (χ2n) is 6.29. The lowest BCUT2D eigenvalue weighted by molar-refractivity contribution is 0.0243. The molecule has 0 unspecified atom stereocenters. The van der Waals surface area contributed by atoms with Crippen LogP contribution in [0.3, 0.4) is 0 Å². The number of carbonyl (C=O) groups is 1. The normalized spacial score (nSPS) is 15.4. The first-order valence-corrected chi connectivity index (χ1v) is 8.99. The van der Waals surface area contributed by atoms with Gasteiger partial charge in [-0.05, 0) is 32.9 Å². The van der Waals surface area contributed by atoms with E-state index in [1.54, 1.807) is 6.20 Å². The topological polar surface area (TPSA) is 60.3 Å². The summed E-state index contributed by atoms with van der Waals surface area (Å²) in [6.07, 6.45) is 3.16. The maximum atomic E-state index is 12.6. The molecular formula is C18H23ClN4O2. The second-order valence-corrected chi connectivity index (χ2v) is 6.72. The van der Waals surface area contributed by atoms with E-state index in [1.165, 1.54) is 0 Å². The van der Waals surface area contributed by atoms with Gasteiger partial charge in [0.25, 0.3) is 0 Å². The Morgan fingerprint density at radius 3 is 2.60 bits per heavy atom. The quantitative estimate of drug-likeness (QED) is 0.780. The van der Waals surface area contributed by atoms with Crippen LogP contribution < -0.4 is 4.90 Å². The molecule has 1 aliphatic rings. The average molecular weight is 363 g/mol. The standard InChI is InChI=1S/C18H23ClN4O2/c1-4-23-13(3)17(12(2)21-23)18(24)25-15-7-9-22(10-8-15)16-6-5-14(19)11-20-16/h5-6,11,15H,4,7-10H2,1-3H3. The number of aryl methyl sites for hydroxylation is 2. The Hall–Kier alpha value is -2.08. The van der Waals surface area contributed by atoms with Crippen molar-refractivity contribution in [3.8, 4) is 0 Å². The minimum atomic E-state index is -0.266. The molecule has 0 bridgehead atoms. The van der Waals surface area contributed by atoms with Gasteiger partial charge in [0.05, 0.1) is 16.4 Å². The van der Waals surface area contributed by atoms with Crippen molar-refractivity contribution >= 4 is 23.4 Å². The summed E-state index contributed by atoms with van der Waals surface area (Å²) in [5.74, 6) is 0.642. The number of pyridine rings is 1. The predicted molar refractivity (Wildman–Crippen MR) is 97.3 cm³/mol. The number of anilines is 1. The van der Waals surface area contributed by atoms with Crippen molar-refractivity contribution in [2.45, 2.75) is 46.3 Å². The van der Waals surface area contributed by atoms with Crippen LogP contribution in [-0.4, -0.2) is 39.9 Å². The van der Waals surface area contributed by atoms with Gasteiger partial charge in [-0.3, -0.25) is 4.68 Å². The molecule has 0 atom stereocenters. The van der Waals surface area contributed by atoms with E-state index in [1.807, 2.05) is 37.6 Å². The third-order valence-corrected chi connectivity index (χ3v) is 4.86. The van der Waals surface area contributed by atoms with Gasteiger partial charge >= 0.3 is 5.97 Å². The van der Waals surface area contributed by atoms with E-state index in [0.29, 0.717) is 10.6 Å². The van der Waals surface area contributed by atoms with Crippen LogP contribution in [0.2, 0.25) is 5.02 Å². The zero-order chi connectivity index (χ0) is 18.0. The van der Waals surface area contributed by atoms with E-state index >= 15 is 0 Å². The van der Waals surface area contributed by atoms with Crippen LogP contribution in [0.4, 0.5) is 5.82 Å². The number of halogens is 1. The fourth-order valence-electron chi connectivity index (χ4n) is 3.27. The molecule has 2 aromatic rings. The number of hydrogen-bond acceptors (Lipinski definition) is 5. The Morgan fingerprint density at radius 1 is 1.32 bits per heavy atom. The number of esters is 1. The van der Waals surface area contributed by atoms with Crippen molar-refractivity contribution in [3.05, 3.63) is 40.3 Å². The smallest absolute Gasteiger partial charge is 0.342 e. The third kappa shape index (κ3) is 3.79. The largest absolute Gasteiger partial charge is 0.459 e. The van der Waals surface area contributed by atoms with Crippen molar-refractivity contribution in [1.29, 1.82) is 0 Å². The van der Waals surface area contributed by atoms with Crippen LogP contribution in [0, 0.1) is 13.8 Å². The van der Waals surface area contributed by atoms with E-state index < -0.39 is 0 Å². The first-order valence-electron chi connectivity index (χ1n) is 8.61. The number of hydrogen-bond donors (Lipinski definition) is 0. The van der Waals surface area contributed by atoms with E-state index in [0.717, 1.165) is 49.7 Å². The summed E-state index contributed by atoms with van der Waals surface area (Å²) in [5.41, 5.74) is 2.20. The summed E-state index contributed by atoms with van der Waals surface area (Å²) in [7, 11) is 0. The van der Waals surface area contributed by atoms with Gasteiger partial charge in [0.15, 0.2) is 0 Å². The van der Waals surface area contributed by atoms with Crippen LogP contribution in [0.1, 0.15) is 41.5 Å². The zero-order valence-electron chi connectivity index (χ0n) is 14.8. The lowest BCUT2D eigenvalue weighted by atomic mass is 10.1. The number of nitrogens with zero attached hydrogens (tertiary/aromatic N) is 4. The fourth-order valence-corrected chi connectivity index (χ4v) is 3.38. The van der Waals surface area contributed by atoms with Crippen LogP contribution >= 0.6 is 11.6 Å². The molecule has 3 rings (SSSR count). The summed E-state index contributed by atoms with van der Waals surface area (Å²) in [4.78, 5) is 19.1. The van der Waals surface area contributed by atoms with Crippen LogP contribution in [0.5, 0.6) is 0 Å². The van der Waals surface area contributed by atoms with Gasteiger partial charge in [0, 0.05) is 38.7 Å². The highest BCUT2D eigenvalue weighted by Crippen LogP contribution is 2.23. The summed E-state index contributed by atoms with van der Waals surface area (Å²) >= 11 is 5.88. The molecule has 1 saturated heterocycles. The monoisotopic (exact) mass is 362 g/mol. The Morgan fingerprint density at radius 2 is 2.04 bits per heavy atom. The molecule has 3 heterocycles. The van der Waals surface area contributed by atoms with Crippen molar-refractivity contribution in [1.82, 2.24) is 14.8 Å². The molecule has 7 heteroatoms. The molecule has 0 amide bonds. The van der Waals surface area contributed by atoms with Crippen LogP contribution in [-0.2, 0) is 11.3 Å². The lowest BCUT2D eigenvalue weighted by Gasteiger charge is -2.32. The van der Waals surface area contributed by atoms with Crippen LogP contribution in [0.25, 0.3) is 0 Å². The third-order valence-electron chi connectivity index (χ3n) is 4.64. The van der Waals surface area contributed by atoms with E-state index in [9.17, 15) is 4.79 Å². The summed E-state index contributed by atoms with van der Waals surface area (Å²) in [6.45, 7) is 8.12. The Bertz CT molecular complexity index is 749. The molecule has 0 radical (unpaired) electrons.